The standard InChI is InChI=1S/C13H16N2O4/c1-2-9(16)7-14-10-5-3-4-6-11(10)15(13(14)19)8-12(17)18/h3-6,9,16H,2,7-8H2,1H3,(H,17,18)/t9-/m0/s1. The Morgan fingerprint density at radius 2 is 1.84 bits per heavy atom. The topological polar surface area (TPSA) is 84.5 Å². The highest BCUT2D eigenvalue weighted by atomic mass is 16.4. The third-order valence-corrected chi connectivity index (χ3v) is 3.08. The second-order valence-electron chi connectivity index (χ2n) is 4.42. The Labute approximate surface area is 109 Å². The monoisotopic (exact) mass is 264 g/mol. The highest BCUT2D eigenvalue weighted by molar-refractivity contribution is 5.78. The van der Waals surface area contributed by atoms with Gasteiger partial charge in [0.1, 0.15) is 6.54 Å². The van der Waals surface area contributed by atoms with Gasteiger partial charge < -0.3 is 10.2 Å². The minimum Gasteiger partial charge on any atom is -0.480 e. The number of carboxylic acid groups (broad SMARTS) is 1. The minimum atomic E-state index is -1.07. The van der Waals surface area contributed by atoms with E-state index in [9.17, 15) is 14.7 Å². The molecule has 0 aliphatic rings. The molecule has 0 aliphatic heterocycles. The summed E-state index contributed by atoms with van der Waals surface area (Å²) in [4.78, 5) is 23.1. The van der Waals surface area contributed by atoms with Crippen LogP contribution in [0.1, 0.15) is 13.3 Å². The number of para-hydroxylation sites is 2. The molecule has 0 spiro atoms. The van der Waals surface area contributed by atoms with Gasteiger partial charge in [-0.05, 0) is 18.6 Å². The van der Waals surface area contributed by atoms with Gasteiger partial charge >= 0.3 is 11.7 Å². The summed E-state index contributed by atoms with van der Waals surface area (Å²) in [5.74, 6) is -1.07. The van der Waals surface area contributed by atoms with Crippen LogP contribution in [-0.4, -0.2) is 31.4 Å². The Hall–Kier alpha value is -2.08. The Bertz CT molecular complexity index is 656. The summed E-state index contributed by atoms with van der Waals surface area (Å²) in [6.07, 6.45) is -0.0907. The number of aliphatic carboxylic acids is 1. The van der Waals surface area contributed by atoms with Crippen LogP contribution in [0.15, 0.2) is 29.1 Å². The van der Waals surface area contributed by atoms with Crippen LogP contribution in [-0.2, 0) is 17.9 Å². The fourth-order valence-corrected chi connectivity index (χ4v) is 2.08. The number of hydrogen-bond donors (Lipinski definition) is 2. The minimum absolute atomic E-state index is 0.169. The summed E-state index contributed by atoms with van der Waals surface area (Å²) in [6.45, 7) is 1.61. The van der Waals surface area contributed by atoms with Crippen molar-refractivity contribution in [1.82, 2.24) is 9.13 Å². The van der Waals surface area contributed by atoms with Gasteiger partial charge in [0, 0.05) is 0 Å². The number of hydrogen-bond acceptors (Lipinski definition) is 3. The number of nitrogens with zero attached hydrogens (tertiary/aromatic N) is 2. The molecule has 0 aliphatic carbocycles. The molecule has 0 amide bonds. The van der Waals surface area contributed by atoms with E-state index in [1.54, 1.807) is 24.3 Å². The van der Waals surface area contributed by atoms with Gasteiger partial charge in [0.05, 0.1) is 23.7 Å². The van der Waals surface area contributed by atoms with Crippen LogP contribution in [0.4, 0.5) is 0 Å². The summed E-state index contributed by atoms with van der Waals surface area (Å²) in [6, 6.07) is 6.98. The zero-order valence-electron chi connectivity index (χ0n) is 10.6. The fraction of sp³-hybridized carbons (Fsp3) is 0.385. The van der Waals surface area contributed by atoms with Crippen LogP contribution < -0.4 is 5.69 Å². The van der Waals surface area contributed by atoms with E-state index in [1.807, 2.05) is 6.92 Å². The van der Waals surface area contributed by atoms with E-state index in [0.717, 1.165) is 0 Å². The molecule has 0 saturated heterocycles. The van der Waals surface area contributed by atoms with E-state index in [2.05, 4.69) is 0 Å². The molecule has 2 rings (SSSR count). The van der Waals surface area contributed by atoms with Crippen LogP contribution in [0, 0.1) is 0 Å². The van der Waals surface area contributed by atoms with E-state index in [-0.39, 0.29) is 13.1 Å². The molecule has 2 aromatic rings. The lowest BCUT2D eigenvalue weighted by molar-refractivity contribution is -0.137. The number of aliphatic hydroxyl groups excluding tert-OH is 1. The average Bonchev–Trinajstić information content (AvgIpc) is 2.64. The highest BCUT2D eigenvalue weighted by Crippen LogP contribution is 2.13. The van der Waals surface area contributed by atoms with Gasteiger partial charge in [0.2, 0.25) is 0 Å². The third-order valence-electron chi connectivity index (χ3n) is 3.08. The average molecular weight is 264 g/mol. The molecule has 1 heterocycles. The zero-order chi connectivity index (χ0) is 14.0. The molecule has 1 atom stereocenters. The first-order valence-electron chi connectivity index (χ1n) is 6.12. The number of aromatic nitrogens is 2. The lowest BCUT2D eigenvalue weighted by Gasteiger charge is -2.08. The first-order valence-corrected chi connectivity index (χ1v) is 6.12. The summed E-state index contributed by atoms with van der Waals surface area (Å²) >= 11 is 0. The first-order chi connectivity index (χ1) is 9.04. The van der Waals surface area contributed by atoms with E-state index in [0.29, 0.717) is 17.5 Å². The lowest BCUT2D eigenvalue weighted by Crippen LogP contribution is -2.30. The van der Waals surface area contributed by atoms with Crippen molar-refractivity contribution < 1.29 is 15.0 Å². The predicted molar refractivity (Wildman–Crippen MR) is 70.1 cm³/mol. The maximum atomic E-state index is 12.2. The number of rotatable bonds is 5. The third kappa shape index (κ3) is 2.53. The largest absolute Gasteiger partial charge is 0.480 e. The van der Waals surface area contributed by atoms with Crippen molar-refractivity contribution >= 4 is 17.0 Å². The quantitative estimate of drug-likeness (QED) is 0.830. The lowest BCUT2D eigenvalue weighted by atomic mass is 10.2. The van der Waals surface area contributed by atoms with Crippen LogP contribution >= 0.6 is 0 Å². The number of aliphatic hydroxyl groups is 1. The molecule has 1 aromatic carbocycles. The Kier molecular flexibility index (Phi) is 3.71. The number of carboxylic acids is 1. The molecule has 1 aromatic heterocycles. The van der Waals surface area contributed by atoms with Crippen molar-refractivity contribution in [2.45, 2.75) is 32.5 Å². The summed E-state index contributed by atoms with van der Waals surface area (Å²) < 4.78 is 2.63. The van der Waals surface area contributed by atoms with Crippen LogP contribution in [0.3, 0.4) is 0 Å². The van der Waals surface area contributed by atoms with Crippen molar-refractivity contribution in [3.8, 4) is 0 Å². The van der Waals surface area contributed by atoms with Gasteiger partial charge in [0.15, 0.2) is 0 Å². The second-order valence-corrected chi connectivity index (χ2v) is 4.42. The van der Waals surface area contributed by atoms with Gasteiger partial charge in [-0.3, -0.25) is 13.9 Å². The molecule has 102 valence electrons. The molecule has 6 heteroatoms. The molecule has 0 unspecified atom stereocenters. The van der Waals surface area contributed by atoms with Crippen LogP contribution in [0.2, 0.25) is 0 Å². The zero-order valence-corrected chi connectivity index (χ0v) is 10.6. The molecular formula is C13H16N2O4. The number of imidazole rings is 1. The predicted octanol–water partition coefficient (Wildman–Crippen LogP) is 0.658. The Morgan fingerprint density at radius 1 is 1.26 bits per heavy atom. The Morgan fingerprint density at radius 3 is 2.37 bits per heavy atom. The van der Waals surface area contributed by atoms with Crippen molar-refractivity contribution in [3.05, 3.63) is 34.7 Å². The van der Waals surface area contributed by atoms with Gasteiger partial charge in [0.25, 0.3) is 0 Å². The molecule has 2 N–H and O–H groups in total. The van der Waals surface area contributed by atoms with E-state index >= 15 is 0 Å². The maximum Gasteiger partial charge on any atom is 0.329 e. The van der Waals surface area contributed by atoms with Gasteiger partial charge in [-0.15, -0.1) is 0 Å². The SMILES string of the molecule is CC[C@H](O)Cn1c(=O)n(CC(=O)O)c2ccccc21. The Balaban J connectivity index is 2.60. The van der Waals surface area contributed by atoms with E-state index in [1.165, 1.54) is 9.13 Å². The molecule has 6 nitrogen and oxygen atoms in total. The molecule has 0 saturated carbocycles. The maximum absolute atomic E-state index is 12.2. The summed E-state index contributed by atoms with van der Waals surface area (Å²) in [5, 5.41) is 18.6. The highest BCUT2D eigenvalue weighted by Gasteiger charge is 2.16. The molecule has 0 radical (unpaired) electrons. The van der Waals surface area contributed by atoms with Crippen molar-refractivity contribution in [1.29, 1.82) is 0 Å². The van der Waals surface area contributed by atoms with Crippen molar-refractivity contribution in [2.24, 2.45) is 0 Å². The number of benzene rings is 1. The second kappa shape index (κ2) is 5.27. The van der Waals surface area contributed by atoms with Crippen LogP contribution in [0.5, 0.6) is 0 Å². The van der Waals surface area contributed by atoms with E-state index < -0.39 is 17.8 Å². The number of fused-ring (bicyclic) bond motifs is 1. The smallest absolute Gasteiger partial charge is 0.329 e. The normalized spacial score (nSPS) is 12.7. The van der Waals surface area contributed by atoms with Gasteiger partial charge in [-0.25, -0.2) is 4.79 Å². The fourth-order valence-electron chi connectivity index (χ4n) is 2.08. The molecule has 19 heavy (non-hydrogen) atoms. The van der Waals surface area contributed by atoms with E-state index in [4.69, 9.17) is 5.11 Å². The van der Waals surface area contributed by atoms with Crippen LogP contribution in [0.25, 0.3) is 11.0 Å². The molecule has 0 fully saturated rings. The van der Waals surface area contributed by atoms with Crippen molar-refractivity contribution in [2.75, 3.05) is 0 Å². The number of carbonyl (C=O) groups is 1. The summed E-state index contributed by atoms with van der Waals surface area (Å²) in [5.41, 5.74) is 0.801. The van der Waals surface area contributed by atoms with Crippen molar-refractivity contribution in [3.63, 3.8) is 0 Å². The van der Waals surface area contributed by atoms with Gasteiger partial charge in [-0.1, -0.05) is 19.1 Å². The molecule has 0 bridgehead atoms. The van der Waals surface area contributed by atoms with Gasteiger partial charge in [-0.2, -0.15) is 0 Å². The first kappa shape index (κ1) is 13.4. The molecular weight excluding hydrogens is 248 g/mol. The summed E-state index contributed by atoms with van der Waals surface area (Å²) in [7, 11) is 0.